The summed E-state index contributed by atoms with van der Waals surface area (Å²) in [4.78, 5) is 44.3. The number of esters is 1. The maximum absolute atomic E-state index is 12.8. The molecular formula is C23H23N3O4. The van der Waals surface area contributed by atoms with Gasteiger partial charge in [-0.1, -0.05) is 18.2 Å². The minimum Gasteiger partial charge on any atom is -0.452 e. The fourth-order valence-electron chi connectivity index (χ4n) is 3.97. The second kappa shape index (κ2) is 7.74. The maximum atomic E-state index is 12.8. The number of para-hydroxylation sites is 1. The Morgan fingerprint density at radius 2 is 1.97 bits per heavy atom. The number of aromatic nitrogens is 2. The number of aryl methyl sites for hydroxylation is 2. The fraction of sp³-hybridized carbons (Fsp3) is 0.304. The molecular weight excluding hydrogens is 382 g/mol. The summed E-state index contributed by atoms with van der Waals surface area (Å²) in [5, 5.41) is 0.352. The van der Waals surface area contributed by atoms with Crippen molar-refractivity contribution in [3.63, 3.8) is 0 Å². The standard InChI is InChI=1S/C23H23N3O4/c1-4-25-12-18(21(28)17-10-9-14(2)24-22(17)25)23(29)30-13-20(27)26-15(3)11-16-7-5-6-8-19(16)26/h5-10,12,15H,4,11,13H2,1-3H3. The number of anilines is 1. The molecule has 3 aromatic rings. The van der Waals surface area contributed by atoms with Crippen molar-refractivity contribution in [1.29, 1.82) is 0 Å². The fourth-order valence-corrected chi connectivity index (χ4v) is 3.97. The Labute approximate surface area is 173 Å². The number of benzene rings is 1. The predicted molar refractivity (Wildman–Crippen MR) is 114 cm³/mol. The lowest BCUT2D eigenvalue weighted by Gasteiger charge is -2.22. The molecule has 30 heavy (non-hydrogen) atoms. The summed E-state index contributed by atoms with van der Waals surface area (Å²) in [6, 6.07) is 11.1. The van der Waals surface area contributed by atoms with E-state index >= 15 is 0 Å². The third-order valence-corrected chi connectivity index (χ3v) is 5.42. The Bertz CT molecular complexity index is 1210. The van der Waals surface area contributed by atoms with Crippen molar-refractivity contribution < 1.29 is 14.3 Å². The number of hydrogen-bond acceptors (Lipinski definition) is 5. The first kappa shape index (κ1) is 19.8. The molecule has 7 nitrogen and oxygen atoms in total. The van der Waals surface area contributed by atoms with Gasteiger partial charge in [-0.3, -0.25) is 9.59 Å². The van der Waals surface area contributed by atoms with E-state index in [0.717, 1.165) is 23.4 Å². The number of carbonyl (C=O) groups excluding carboxylic acids is 2. The molecule has 4 rings (SSSR count). The first-order chi connectivity index (χ1) is 14.4. The highest BCUT2D eigenvalue weighted by molar-refractivity contribution is 5.99. The van der Waals surface area contributed by atoms with Crippen LogP contribution in [0.4, 0.5) is 5.69 Å². The average molecular weight is 405 g/mol. The molecule has 1 atom stereocenters. The van der Waals surface area contributed by atoms with Crippen LogP contribution in [0, 0.1) is 6.92 Å². The van der Waals surface area contributed by atoms with Crippen molar-refractivity contribution in [2.45, 2.75) is 39.8 Å². The van der Waals surface area contributed by atoms with Gasteiger partial charge in [-0.15, -0.1) is 0 Å². The van der Waals surface area contributed by atoms with Gasteiger partial charge >= 0.3 is 5.97 Å². The molecule has 0 saturated carbocycles. The van der Waals surface area contributed by atoms with Gasteiger partial charge in [-0.05, 0) is 51.0 Å². The molecule has 0 radical (unpaired) electrons. The van der Waals surface area contributed by atoms with Gasteiger partial charge in [0.1, 0.15) is 11.2 Å². The Balaban J connectivity index is 1.57. The van der Waals surface area contributed by atoms with Crippen molar-refractivity contribution in [3.8, 4) is 0 Å². The molecule has 0 N–H and O–H groups in total. The van der Waals surface area contributed by atoms with E-state index in [1.54, 1.807) is 21.6 Å². The molecule has 0 aliphatic carbocycles. The first-order valence-electron chi connectivity index (χ1n) is 9.98. The van der Waals surface area contributed by atoms with Crippen LogP contribution in [0.15, 0.2) is 47.4 Å². The highest BCUT2D eigenvalue weighted by atomic mass is 16.5. The van der Waals surface area contributed by atoms with Gasteiger partial charge in [0.25, 0.3) is 5.91 Å². The summed E-state index contributed by atoms with van der Waals surface area (Å²) in [7, 11) is 0. The van der Waals surface area contributed by atoms with Crippen molar-refractivity contribution in [1.82, 2.24) is 9.55 Å². The molecule has 1 aliphatic heterocycles. The Morgan fingerprint density at radius 1 is 1.20 bits per heavy atom. The van der Waals surface area contributed by atoms with Crippen LogP contribution in [-0.4, -0.2) is 34.1 Å². The number of hydrogen-bond donors (Lipinski definition) is 0. The van der Waals surface area contributed by atoms with Crippen molar-refractivity contribution in [2.24, 2.45) is 0 Å². The van der Waals surface area contributed by atoms with Gasteiger partial charge in [-0.2, -0.15) is 0 Å². The van der Waals surface area contributed by atoms with Crippen molar-refractivity contribution >= 4 is 28.6 Å². The maximum Gasteiger partial charge on any atom is 0.344 e. The Kier molecular flexibility index (Phi) is 5.11. The van der Waals surface area contributed by atoms with Crippen LogP contribution in [0.25, 0.3) is 11.0 Å². The van der Waals surface area contributed by atoms with E-state index in [4.69, 9.17) is 4.74 Å². The van der Waals surface area contributed by atoms with Gasteiger partial charge in [-0.25, -0.2) is 9.78 Å². The van der Waals surface area contributed by atoms with Crippen LogP contribution in [-0.2, 0) is 22.5 Å². The minimum atomic E-state index is -0.807. The van der Waals surface area contributed by atoms with Crippen molar-refractivity contribution in [2.75, 3.05) is 11.5 Å². The molecule has 2 aromatic heterocycles. The highest BCUT2D eigenvalue weighted by Crippen LogP contribution is 2.31. The molecule has 0 fully saturated rings. The molecule has 1 aliphatic rings. The second-order valence-corrected chi connectivity index (χ2v) is 7.50. The van der Waals surface area contributed by atoms with Crippen LogP contribution < -0.4 is 10.3 Å². The molecule has 3 heterocycles. The summed E-state index contributed by atoms with van der Waals surface area (Å²) < 4.78 is 6.99. The van der Waals surface area contributed by atoms with Crippen LogP contribution in [0.1, 0.15) is 35.5 Å². The topological polar surface area (TPSA) is 81.5 Å². The lowest BCUT2D eigenvalue weighted by molar-refractivity contribution is -0.122. The smallest absolute Gasteiger partial charge is 0.344 e. The molecule has 1 unspecified atom stereocenters. The summed E-state index contributed by atoms with van der Waals surface area (Å²) in [5.74, 6) is -1.12. The van der Waals surface area contributed by atoms with E-state index < -0.39 is 18.0 Å². The normalized spacial score (nSPS) is 15.3. The van der Waals surface area contributed by atoms with Gasteiger partial charge in [0, 0.05) is 30.2 Å². The monoisotopic (exact) mass is 405 g/mol. The van der Waals surface area contributed by atoms with Gasteiger partial charge < -0.3 is 14.2 Å². The van der Waals surface area contributed by atoms with E-state index in [1.807, 2.05) is 45.0 Å². The molecule has 0 spiro atoms. The largest absolute Gasteiger partial charge is 0.452 e. The number of rotatable bonds is 4. The van der Waals surface area contributed by atoms with Gasteiger partial charge in [0.15, 0.2) is 6.61 Å². The molecule has 0 saturated heterocycles. The SMILES string of the molecule is CCn1cc(C(=O)OCC(=O)N2c3ccccc3CC2C)c(=O)c2ccc(C)nc21. The van der Waals surface area contributed by atoms with Crippen LogP contribution in [0.2, 0.25) is 0 Å². The number of fused-ring (bicyclic) bond motifs is 2. The average Bonchev–Trinajstić information content (AvgIpc) is 3.07. The number of ether oxygens (including phenoxy) is 1. The molecule has 1 aromatic carbocycles. The van der Waals surface area contributed by atoms with E-state index in [0.29, 0.717) is 17.6 Å². The molecule has 154 valence electrons. The van der Waals surface area contributed by atoms with Gasteiger partial charge in [0.2, 0.25) is 5.43 Å². The summed E-state index contributed by atoms with van der Waals surface area (Å²) >= 11 is 0. The summed E-state index contributed by atoms with van der Waals surface area (Å²) in [6.45, 7) is 5.81. The predicted octanol–water partition coefficient (Wildman–Crippen LogP) is 2.86. The van der Waals surface area contributed by atoms with Gasteiger partial charge in [0.05, 0.1) is 5.39 Å². The molecule has 1 amide bonds. The van der Waals surface area contributed by atoms with E-state index in [2.05, 4.69) is 4.98 Å². The van der Waals surface area contributed by atoms with E-state index in [1.165, 1.54) is 6.20 Å². The zero-order valence-electron chi connectivity index (χ0n) is 17.2. The molecule has 0 bridgehead atoms. The summed E-state index contributed by atoms with van der Waals surface area (Å²) in [6.07, 6.45) is 2.21. The zero-order valence-corrected chi connectivity index (χ0v) is 17.2. The van der Waals surface area contributed by atoms with E-state index in [-0.39, 0.29) is 17.5 Å². The van der Waals surface area contributed by atoms with Crippen molar-refractivity contribution in [3.05, 3.63) is 69.6 Å². The second-order valence-electron chi connectivity index (χ2n) is 7.50. The third-order valence-electron chi connectivity index (χ3n) is 5.42. The first-order valence-corrected chi connectivity index (χ1v) is 9.98. The van der Waals surface area contributed by atoms with Crippen LogP contribution >= 0.6 is 0 Å². The summed E-state index contributed by atoms with van der Waals surface area (Å²) in [5.41, 5.74) is 2.69. The molecule has 7 heteroatoms. The number of amides is 1. The zero-order chi connectivity index (χ0) is 21.4. The lowest BCUT2D eigenvalue weighted by Crippen LogP contribution is -2.39. The number of carbonyl (C=O) groups is 2. The third kappa shape index (κ3) is 3.36. The Hall–Kier alpha value is -3.48. The number of pyridine rings is 2. The Morgan fingerprint density at radius 3 is 2.73 bits per heavy atom. The minimum absolute atomic E-state index is 0.0131. The highest BCUT2D eigenvalue weighted by Gasteiger charge is 2.31. The quantitative estimate of drug-likeness (QED) is 0.624. The van der Waals surface area contributed by atoms with Crippen LogP contribution in [0.5, 0.6) is 0 Å². The number of nitrogens with zero attached hydrogens (tertiary/aromatic N) is 3. The van der Waals surface area contributed by atoms with E-state index in [9.17, 15) is 14.4 Å². The lowest BCUT2D eigenvalue weighted by atomic mass is 10.1. The van der Waals surface area contributed by atoms with Crippen LogP contribution in [0.3, 0.4) is 0 Å².